The van der Waals surface area contributed by atoms with E-state index in [1.165, 1.54) is 38.9 Å². The van der Waals surface area contributed by atoms with Crippen LogP contribution in [-0.4, -0.2) is 14.1 Å². The maximum absolute atomic E-state index is 6.77. The summed E-state index contributed by atoms with van der Waals surface area (Å²) in [5.41, 5.74) is 14.7. The van der Waals surface area contributed by atoms with E-state index in [1.807, 2.05) is 30.5 Å². The van der Waals surface area contributed by atoms with Gasteiger partial charge < -0.3 is 18.4 Å². The molecule has 2 aliphatic rings. The minimum atomic E-state index is -0.596. The molecule has 0 atom stereocenters. The number of pyridine rings is 1. The molecule has 1 spiro atoms. The van der Waals surface area contributed by atoms with Crippen molar-refractivity contribution in [1.82, 2.24) is 14.1 Å². The Morgan fingerprint density at radius 3 is 2.00 bits per heavy atom. The zero-order valence-corrected chi connectivity index (χ0v) is 35.9. The van der Waals surface area contributed by atoms with Crippen molar-refractivity contribution in [2.24, 2.45) is 7.05 Å². The van der Waals surface area contributed by atoms with Gasteiger partial charge in [0.2, 0.25) is 6.33 Å². The van der Waals surface area contributed by atoms with Gasteiger partial charge in [0, 0.05) is 49.7 Å². The topological polar surface area (TPSA) is 35.9 Å². The van der Waals surface area contributed by atoms with Crippen molar-refractivity contribution in [3.63, 3.8) is 0 Å². The van der Waals surface area contributed by atoms with E-state index in [2.05, 4.69) is 178 Å². The van der Waals surface area contributed by atoms with E-state index < -0.39 is 5.41 Å². The molecule has 0 bridgehead atoms. The van der Waals surface area contributed by atoms with Gasteiger partial charge in [-0.15, -0.1) is 35.2 Å². The van der Waals surface area contributed by atoms with Gasteiger partial charge in [-0.25, -0.2) is 4.98 Å². The van der Waals surface area contributed by atoms with Crippen LogP contribution in [0, 0.1) is 18.5 Å². The molecule has 0 radical (unpaired) electrons. The van der Waals surface area contributed by atoms with Crippen molar-refractivity contribution in [2.45, 2.75) is 57.8 Å². The predicted molar refractivity (Wildman–Crippen MR) is 228 cm³/mol. The van der Waals surface area contributed by atoms with Gasteiger partial charge in [0.1, 0.15) is 5.82 Å². The molecular weight excluding hydrogens is 892 g/mol. The van der Waals surface area contributed by atoms with Crippen LogP contribution in [0.2, 0.25) is 0 Å². The number of benzene rings is 6. The van der Waals surface area contributed by atoms with E-state index in [9.17, 15) is 0 Å². The van der Waals surface area contributed by atoms with Gasteiger partial charge in [-0.05, 0) is 73.4 Å². The molecule has 0 saturated carbocycles. The Hall–Kier alpha value is -5.77. The number of aromatic nitrogens is 4. The second-order valence-electron chi connectivity index (χ2n) is 17.8. The average Bonchev–Trinajstić information content (AvgIpc) is 3.82. The smallest absolute Gasteiger partial charge is 0.242 e. The van der Waals surface area contributed by atoms with E-state index in [0.29, 0.717) is 11.5 Å². The Balaban J connectivity index is 0.00000408. The number of nitrogens with zero attached hydrogens (tertiary/aromatic N) is 4. The predicted octanol–water partition coefficient (Wildman–Crippen LogP) is 11.4. The van der Waals surface area contributed by atoms with Crippen LogP contribution in [0.4, 0.5) is 0 Å². The number of fused-ring (bicyclic) bond motifs is 12. The standard InChI is InChI=1S/C52H42N4O.Pt/c1-50(2,3)32-18-22-36-37-23-19-33(51(4,5)6)28-43(37)52(42(36)27-32)40-25-21-35(30-47(40)55-31-54(7)45-16-12-14-41(52)49(45)55)57-34-20-24-39-38-13-8-9-15-44(38)56(46(39)29-34)48-17-10-11-26-53-48;/h8-28H,1-7H3;/q-2;. The molecule has 6 aromatic carbocycles. The molecule has 0 unspecified atom stereocenters. The molecule has 1 aliphatic carbocycles. The number of ether oxygens (including phenoxy) is 1. The number of aryl methyl sites for hydroxylation is 1. The molecule has 0 amide bonds. The van der Waals surface area contributed by atoms with Crippen molar-refractivity contribution in [3.8, 4) is 34.1 Å². The Kier molecular flexibility index (Phi) is 7.95. The fraction of sp³-hybridized carbons (Fsp3) is 0.192. The van der Waals surface area contributed by atoms with Crippen LogP contribution in [0.3, 0.4) is 0 Å². The summed E-state index contributed by atoms with van der Waals surface area (Å²) in [6.07, 6.45) is 5.49. The quantitative estimate of drug-likeness (QED) is 0.131. The van der Waals surface area contributed by atoms with Crippen LogP contribution in [0.5, 0.6) is 11.5 Å². The molecule has 288 valence electrons. The molecule has 11 rings (SSSR count). The second-order valence-corrected chi connectivity index (χ2v) is 17.8. The summed E-state index contributed by atoms with van der Waals surface area (Å²) >= 11 is 0. The van der Waals surface area contributed by atoms with Gasteiger partial charge in [-0.1, -0.05) is 132 Å². The van der Waals surface area contributed by atoms with Crippen LogP contribution in [0.1, 0.15) is 74.9 Å². The first-order chi connectivity index (χ1) is 27.4. The van der Waals surface area contributed by atoms with E-state index in [-0.39, 0.29) is 31.9 Å². The summed E-state index contributed by atoms with van der Waals surface area (Å²) in [5, 5.41) is 2.24. The first-order valence-corrected chi connectivity index (χ1v) is 19.8. The van der Waals surface area contributed by atoms with Gasteiger partial charge in [0.05, 0.1) is 18.1 Å². The molecule has 4 heterocycles. The zero-order chi connectivity index (χ0) is 39.0. The van der Waals surface area contributed by atoms with Gasteiger partial charge in [0.25, 0.3) is 0 Å². The van der Waals surface area contributed by atoms with Crippen molar-refractivity contribution in [3.05, 3.63) is 179 Å². The van der Waals surface area contributed by atoms with E-state index in [1.54, 1.807) is 0 Å². The number of hydrogen-bond donors (Lipinski definition) is 0. The third-order valence-electron chi connectivity index (χ3n) is 12.3. The Labute approximate surface area is 353 Å². The Morgan fingerprint density at radius 1 is 0.638 bits per heavy atom. The largest absolute Gasteiger partial charge is 0.510 e. The van der Waals surface area contributed by atoms with Crippen molar-refractivity contribution in [2.75, 3.05) is 0 Å². The van der Waals surface area contributed by atoms with E-state index in [4.69, 9.17) is 9.72 Å². The van der Waals surface area contributed by atoms with Crippen LogP contribution >= 0.6 is 0 Å². The normalized spacial score (nSPS) is 13.8. The number of imidazole rings is 1. The van der Waals surface area contributed by atoms with E-state index in [0.717, 1.165) is 49.9 Å². The first kappa shape index (κ1) is 36.6. The summed E-state index contributed by atoms with van der Waals surface area (Å²) in [5.74, 6) is 2.06. The zero-order valence-electron chi connectivity index (χ0n) is 33.6. The summed E-state index contributed by atoms with van der Waals surface area (Å²) in [7, 11) is 2.08. The summed E-state index contributed by atoms with van der Waals surface area (Å²) in [4.78, 5) is 4.71. The molecule has 3 aromatic heterocycles. The van der Waals surface area contributed by atoms with E-state index >= 15 is 0 Å². The maximum Gasteiger partial charge on any atom is 0.242 e. The Bertz CT molecular complexity index is 3080. The van der Waals surface area contributed by atoms with Crippen molar-refractivity contribution >= 4 is 32.8 Å². The fourth-order valence-corrected chi connectivity index (χ4v) is 9.52. The summed E-state index contributed by atoms with van der Waals surface area (Å²) < 4.78 is 13.2. The fourth-order valence-electron chi connectivity index (χ4n) is 9.52. The van der Waals surface area contributed by atoms with Crippen LogP contribution in [0.25, 0.3) is 55.5 Å². The molecule has 5 nitrogen and oxygen atoms in total. The molecule has 0 fully saturated rings. The molecule has 6 heteroatoms. The molecule has 9 aromatic rings. The maximum atomic E-state index is 6.77. The summed E-state index contributed by atoms with van der Waals surface area (Å²) in [6, 6.07) is 51.4. The first-order valence-electron chi connectivity index (χ1n) is 19.8. The minimum Gasteiger partial charge on any atom is -0.510 e. The number of hydrogen-bond acceptors (Lipinski definition) is 2. The Morgan fingerprint density at radius 2 is 1.31 bits per heavy atom. The van der Waals surface area contributed by atoms with Gasteiger partial charge >= 0.3 is 0 Å². The average molecular weight is 934 g/mol. The summed E-state index contributed by atoms with van der Waals surface area (Å²) in [6.45, 7) is 13.8. The van der Waals surface area contributed by atoms with Crippen molar-refractivity contribution in [1.29, 1.82) is 0 Å². The minimum absolute atomic E-state index is 0. The van der Waals surface area contributed by atoms with Crippen LogP contribution in [0.15, 0.2) is 128 Å². The third kappa shape index (κ3) is 5.05. The monoisotopic (exact) mass is 933 g/mol. The van der Waals surface area contributed by atoms with Gasteiger partial charge in [-0.2, -0.15) is 12.1 Å². The molecule has 0 saturated heterocycles. The molecule has 1 aliphatic heterocycles. The van der Waals surface area contributed by atoms with Crippen LogP contribution in [-0.2, 0) is 44.4 Å². The van der Waals surface area contributed by atoms with Gasteiger partial charge in [0.15, 0.2) is 0 Å². The van der Waals surface area contributed by atoms with Crippen LogP contribution < -0.4 is 9.30 Å². The molecule has 58 heavy (non-hydrogen) atoms. The second kappa shape index (κ2) is 12.6. The SMILES string of the molecule is C[n+]1[c-]n2c3c(cccc31)C1(c3ccc(Oc4[c-]c5c(cc4)c4ccccc4n5-c4ccccn4)[c-]c3-2)c2cc(C(C)(C)C)ccc2-c2ccc(C(C)(C)C)cc21.[Pt]. The van der Waals surface area contributed by atoms with Crippen molar-refractivity contribution < 1.29 is 30.4 Å². The number of para-hydroxylation sites is 2. The third-order valence-corrected chi connectivity index (χ3v) is 12.3. The van der Waals surface area contributed by atoms with Gasteiger partial charge in [-0.3, -0.25) is 0 Å². The number of rotatable bonds is 3. The molecule has 0 N–H and O–H groups in total. The molecular formula is C52H42N4OPt-2.